The molecular formula is C14H9N3O. The van der Waals surface area contributed by atoms with Crippen molar-refractivity contribution >= 4 is 16.7 Å². The molecule has 0 saturated carbocycles. The first-order valence-electron chi connectivity index (χ1n) is 5.51. The molecule has 0 atom stereocenters. The van der Waals surface area contributed by atoms with Crippen LogP contribution in [0.2, 0.25) is 0 Å². The summed E-state index contributed by atoms with van der Waals surface area (Å²) in [6.45, 7) is 0. The quantitative estimate of drug-likeness (QED) is 0.639. The first kappa shape index (κ1) is 10.5. The van der Waals surface area contributed by atoms with Crippen molar-refractivity contribution < 1.29 is 4.79 Å². The molecule has 0 unspecified atom stereocenters. The summed E-state index contributed by atoms with van der Waals surface area (Å²) in [4.78, 5) is 24.3. The highest BCUT2D eigenvalue weighted by atomic mass is 16.1. The molecule has 0 saturated heterocycles. The summed E-state index contributed by atoms with van der Waals surface area (Å²) in [5.41, 5.74) is 1.49. The van der Waals surface area contributed by atoms with Crippen LogP contribution >= 0.6 is 0 Å². The first-order valence-corrected chi connectivity index (χ1v) is 5.51. The average Bonchev–Trinajstić information content (AvgIpc) is 2.47. The van der Waals surface area contributed by atoms with E-state index in [0.717, 1.165) is 10.9 Å². The lowest BCUT2D eigenvalue weighted by molar-refractivity contribution is 0.102. The third kappa shape index (κ3) is 1.84. The third-order valence-electron chi connectivity index (χ3n) is 2.63. The second-order valence-electron chi connectivity index (χ2n) is 3.81. The third-order valence-corrected chi connectivity index (χ3v) is 2.63. The molecule has 18 heavy (non-hydrogen) atoms. The normalized spacial score (nSPS) is 10.4. The van der Waals surface area contributed by atoms with Crippen LogP contribution in [-0.2, 0) is 0 Å². The second kappa shape index (κ2) is 4.33. The molecule has 0 aliphatic rings. The van der Waals surface area contributed by atoms with Gasteiger partial charge in [0.15, 0.2) is 0 Å². The van der Waals surface area contributed by atoms with Gasteiger partial charge >= 0.3 is 0 Å². The van der Waals surface area contributed by atoms with Crippen LogP contribution in [0.1, 0.15) is 16.2 Å². The minimum absolute atomic E-state index is 0.214. The highest BCUT2D eigenvalue weighted by Gasteiger charge is 2.12. The number of ketones is 1. The van der Waals surface area contributed by atoms with E-state index in [4.69, 9.17) is 0 Å². The van der Waals surface area contributed by atoms with Crippen molar-refractivity contribution in [3.05, 3.63) is 66.4 Å². The van der Waals surface area contributed by atoms with Crippen LogP contribution in [0, 0.1) is 0 Å². The number of nitrogens with zero attached hydrogens (tertiary/aromatic N) is 3. The van der Waals surface area contributed by atoms with Gasteiger partial charge in [0.05, 0.1) is 11.7 Å². The van der Waals surface area contributed by atoms with Gasteiger partial charge in [0, 0.05) is 17.8 Å². The zero-order valence-electron chi connectivity index (χ0n) is 9.45. The Balaban J connectivity index is 2.07. The van der Waals surface area contributed by atoms with E-state index in [1.807, 2.05) is 30.3 Å². The van der Waals surface area contributed by atoms with Gasteiger partial charge < -0.3 is 0 Å². The van der Waals surface area contributed by atoms with E-state index in [0.29, 0.717) is 11.4 Å². The van der Waals surface area contributed by atoms with Crippen LogP contribution < -0.4 is 0 Å². The van der Waals surface area contributed by atoms with Gasteiger partial charge in [-0.05, 0) is 12.1 Å². The molecule has 0 aliphatic carbocycles. The van der Waals surface area contributed by atoms with Gasteiger partial charge in [-0.25, -0.2) is 9.97 Å². The lowest BCUT2D eigenvalue weighted by Crippen LogP contribution is -2.06. The number of aromatic nitrogens is 3. The molecule has 0 spiro atoms. The Kier molecular flexibility index (Phi) is 2.53. The highest BCUT2D eigenvalue weighted by molar-refractivity contribution is 6.07. The Morgan fingerprint density at radius 2 is 1.83 bits per heavy atom. The second-order valence-corrected chi connectivity index (χ2v) is 3.81. The number of fused-ring (bicyclic) bond motifs is 1. The smallest absolute Gasteiger partial charge is 0.231 e. The van der Waals surface area contributed by atoms with Crippen LogP contribution in [0.3, 0.4) is 0 Å². The van der Waals surface area contributed by atoms with Gasteiger partial charge in [-0.1, -0.05) is 24.3 Å². The molecule has 3 aromatic rings. The first-order chi connectivity index (χ1) is 8.84. The van der Waals surface area contributed by atoms with E-state index in [1.165, 1.54) is 18.6 Å². The molecule has 2 heterocycles. The number of rotatable bonds is 2. The number of benzene rings is 1. The minimum Gasteiger partial charge on any atom is -0.285 e. The maximum Gasteiger partial charge on any atom is 0.231 e. The van der Waals surface area contributed by atoms with Crippen molar-refractivity contribution in [2.24, 2.45) is 0 Å². The van der Waals surface area contributed by atoms with Crippen molar-refractivity contribution in [3.63, 3.8) is 0 Å². The summed E-state index contributed by atoms with van der Waals surface area (Å²) < 4.78 is 0. The van der Waals surface area contributed by atoms with Crippen LogP contribution in [0.25, 0.3) is 10.9 Å². The van der Waals surface area contributed by atoms with Crippen molar-refractivity contribution in [2.45, 2.75) is 0 Å². The fourth-order valence-corrected chi connectivity index (χ4v) is 1.74. The van der Waals surface area contributed by atoms with Gasteiger partial charge in [0.1, 0.15) is 11.4 Å². The van der Waals surface area contributed by atoms with Gasteiger partial charge in [-0.15, -0.1) is 0 Å². The van der Waals surface area contributed by atoms with Crippen molar-refractivity contribution in [1.82, 2.24) is 15.0 Å². The molecule has 3 rings (SSSR count). The van der Waals surface area contributed by atoms with Crippen LogP contribution in [0.15, 0.2) is 55.0 Å². The van der Waals surface area contributed by atoms with Crippen LogP contribution in [0.5, 0.6) is 0 Å². The summed E-state index contributed by atoms with van der Waals surface area (Å²) >= 11 is 0. The van der Waals surface area contributed by atoms with Crippen molar-refractivity contribution in [1.29, 1.82) is 0 Å². The summed E-state index contributed by atoms with van der Waals surface area (Å²) in [7, 11) is 0. The Hall–Kier alpha value is -2.62. The number of carbonyl (C=O) groups is 1. The largest absolute Gasteiger partial charge is 0.285 e. The van der Waals surface area contributed by atoms with Crippen molar-refractivity contribution in [2.75, 3.05) is 0 Å². The Bertz CT molecular complexity index is 710. The van der Waals surface area contributed by atoms with Gasteiger partial charge in [0.25, 0.3) is 0 Å². The predicted molar refractivity (Wildman–Crippen MR) is 67.2 cm³/mol. The molecule has 0 N–H and O–H groups in total. The molecule has 0 radical (unpaired) electrons. The number of hydrogen-bond acceptors (Lipinski definition) is 4. The van der Waals surface area contributed by atoms with E-state index >= 15 is 0 Å². The van der Waals surface area contributed by atoms with E-state index in [-0.39, 0.29) is 5.78 Å². The SMILES string of the molecule is O=C(c1cnccn1)c1ccc2ccccc2n1. The van der Waals surface area contributed by atoms with Gasteiger partial charge in [-0.3, -0.25) is 9.78 Å². The summed E-state index contributed by atoms with van der Waals surface area (Å²) in [5, 5.41) is 1.01. The number of hydrogen-bond donors (Lipinski definition) is 0. The number of para-hydroxylation sites is 1. The van der Waals surface area contributed by atoms with Crippen LogP contribution in [0.4, 0.5) is 0 Å². The zero-order chi connectivity index (χ0) is 12.4. The fourth-order valence-electron chi connectivity index (χ4n) is 1.74. The predicted octanol–water partition coefficient (Wildman–Crippen LogP) is 2.26. The summed E-state index contributed by atoms with van der Waals surface area (Å²) in [6.07, 6.45) is 4.47. The number of pyridine rings is 1. The zero-order valence-corrected chi connectivity index (χ0v) is 9.45. The lowest BCUT2D eigenvalue weighted by Gasteiger charge is -2.01. The highest BCUT2D eigenvalue weighted by Crippen LogP contribution is 2.13. The number of carbonyl (C=O) groups excluding carboxylic acids is 1. The van der Waals surface area contributed by atoms with E-state index in [9.17, 15) is 4.79 Å². The molecule has 4 nitrogen and oxygen atoms in total. The van der Waals surface area contributed by atoms with Gasteiger partial charge in [-0.2, -0.15) is 0 Å². The molecule has 2 aromatic heterocycles. The minimum atomic E-state index is -0.214. The molecule has 86 valence electrons. The lowest BCUT2D eigenvalue weighted by atomic mass is 10.1. The van der Waals surface area contributed by atoms with E-state index in [2.05, 4.69) is 15.0 Å². The molecule has 0 amide bonds. The standard InChI is InChI=1S/C14H9N3O/c18-14(13-9-15-7-8-16-13)12-6-5-10-3-1-2-4-11(10)17-12/h1-9H. The maximum atomic E-state index is 12.1. The fraction of sp³-hybridized carbons (Fsp3) is 0. The van der Waals surface area contributed by atoms with Gasteiger partial charge in [0.2, 0.25) is 5.78 Å². The Morgan fingerprint density at radius 3 is 2.67 bits per heavy atom. The Labute approximate surface area is 103 Å². The molecule has 4 heteroatoms. The molecule has 1 aromatic carbocycles. The molecule has 0 fully saturated rings. The summed E-state index contributed by atoms with van der Waals surface area (Å²) in [6, 6.07) is 11.3. The monoisotopic (exact) mass is 235 g/mol. The van der Waals surface area contributed by atoms with Crippen LogP contribution in [-0.4, -0.2) is 20.7 Å². The summed E-state index contributed by atoms with van der Waals surface area (Å²) in [5.74, 6) is -0.214. The molecule has 0 aliphatic heterocycles. The van der Waals surface area contributed by atoms with E-state index < -0.39 is 0 Å². The van der Waals surface area contributed by atoms with Crippen molar-refractivity contribution in [3.8, 4) is 0 Å². The topological polar surface area (TPSA) is 55.7 Å². The maximum absolute atomic E-state index is 12.1. The van der Waals surface area contributed by atoms with E-state index in [1.54, 1.807) is 6.07 Å². The Morgan fingerprint density at radius 1 is 0.944 bits per heavy atom. The average molecular weight is 235 g/mol. The molecule has 0 bridgehead atoms. The molecular weight excluding hydrogens is 226 g/mol.